The lowest BCUT2D eigenvalue weighted by Crippen LogP contribution is -2.35. The van der Waals surface area contributed by atoms with Crippen molar-refractivity contribution in [1.29, 1.82) is 0 Å². The van der Waals surface area contributed by atoms with E-state index in [4.69, 9.17) is 5.11 Å². The van der Waals surface area contributed by atoms with Gasteiger partial charge in [0, 0.05) is 5.92 Å². The van der Waals surface area contributed by atoms with E-state index < -0.39 is 5.97 Å². The fourth-order valence-corrected chi connectivity index (χ4v) is 2.93. The van der Waals surface area contributed by atoms with Gasteiger partial charge in [-0.1, -0.05) is 52.5 Å². The third-order valence-electron chi connectivity index (χ3n) is 4.23. The van der Waals surface area contributed by atoms with E-state index in [-0.39, 0.29) is 22.7 Å². The zero-order valence-electron chi connectivity index (χ0n) is 12.4. The Hall–Kier alpha value is -1.12. The number of ketones is 1. The summed E-state index contributed by atoms with van der Waals surface area (Å²) in [6.07, 6.45) is 8.82. The van der Waals surface area contributed by atoms with Crippen molar-refractivity contribution in [3.63, 3.8) is 0 Å². The average molecular weight is 266 g/mol. The molecule has 3 heteroatoms. The highest BCUT2D eigenvalue weighted by Gasteiger charge is 2.39. The summed E-state index contributed by atoms with van der Waals surface area (Å²) >= 11 is 0. The first-order chi connectivity index (χ1) is 8.90. The van der Waals surface area contributed by atoms with Gasteiger partial charge in [0.1, 0.15) is 0 Å². The number of Topliss-reactive ketones (excluding diaryl/α,β-unsaturated/α-hetero) is 1. The van der Waals surface area contributed by atoms with Crippen LogP contribution in [-0.2, 0) is 9.59 Å². The highest BCUT2D eigenvalue weighted by atomic mass is 16.4. The van der Waals surface area contributed by atoms with Crippen molar-refractivity contribution in [2.45, 2.75) is 65.7 Å². The number of hydrogen-bond donors (Lipinski definition) is 1. The van der Waals surface area contributed by atoms with Crippen molar-refractivity contribution in [3.05, 3.63) is 11.6 Å². The van der Waals surface area contributed by atoms with E-state index in [1.54, 1.807) is 6.08 Å². The fourth-order valence-electron chi connectivity index (χ4n) is 2.93. The number of unbranched alkanes of at least 4 members (excludes halogenated alkanes) is 3. The molecular formula is C16H26O3. The van der Waals surface area contributed by atoms with Crippen LogP contribution in [-0.4, -0.2) is 16.9 Å². The molecule has 0 saturated heterocycles. The molecule has 0 aliphatic heterocycles. The zero-order chi connectivity index (χ0) is 14.5. The molecule has 1 aliphatic rings. The number of carboxylic acid groups (broad SMARTS) is 1. The maximum atomic E-state index is 12.3. The number of hydrogen-bond acceptors (Lipinski definition) is 2. The van der Waals surface area contributed by atoms with Gasteiger partial charge >= 0.3 is 5.97 Å². The molecule has 0 spiro atoms. The van der Waals surface area contributed by atoms with Crippen LogP contribution in [0.1, 0.15) is 65.7 Å². The molecule has 0 radical (unpaired) electrons. The van der Waals surface area contributed by atoms with Crippen LogP contribution in [0, 0.1) is 11.3 Å². The van der Waals surface area contributed by atoms with Crippen molar-refractivity contribution in [2.24, 2.45) is 11.3 Å². The Morgan fingerprint density at radius 2 is 2.05 bits per heavy atom. The lowest BCUT2D eigenvalue weighted by molar-refractivity contribution is -0.136. The molecule has 0 aromatic heterocycles. The molecule has 1 unspecified atom stereocenters. The van der Waals surface area contributed by atoms with E-state index in [1.165, 1.54) is 19.3 Å². The van der Waals surface area contributed by atoms with Crippen LogP contribution in [0.5, 0.6) is 0 Å². The Labute approximate surface area is 116 Å². The van der Waals surface area contributed by atoms with Crippen LogP contribution in [0.25, 0.3) is 0 Å². The van der Waals surface area contributed by atoms with E-state index in [1.807, 2.05) is 0 Å². The molecule has 1 rings (SSSR count). The monoisotopic (exact) mass is 266 g/mol. The lowest BCUT2D eigenvalue weighted by Gasteiger charge is -2.35. The standard InChI is InChI=1S/C16H26O3/c1-4-5-6-7-11-16(2,3)13-10-8-9-12(14(13)17)15(18)19/h9,13H,4-8,10-11H2,1-3H3,(H,18,19). The van der Waals surface area contributed by atoms with Gasteiger partial charge in [-0.15, -0.1) is 0 Å². The van der Waals surface area contributed by atoms with Crippen LogP contribution in [0.4, 0.5) is 0 Å². The van der Waals surface area contributed by atoms with Gasteiger partial charge in [-0.3, -0.25) is 4.79 Å². The van der Waals surface area contributed by atoms with E-state index in [9.17, 15) is 9.59 Å². The van der Waals surface area contributed by atoms with Gasteiger partial charge in [-0.25, -0.2) is 4.79 Å². The molecule has 1 atom stereocenters. The number of rotatable bonds is 7. The smallest absolute Gasteiger partial charge is 0.339 e. The first-order valence-electron chi connectivity index (χ1n) is 7.38. The van der Waals surface area contributed by atoms with Gasteiger partial charge in [0.15, 0.2) is 5.78 Å². The quantitative estimate of drug-likeness (QED) is 0.560. The second-order valence-corrected chi connectivity index (χ2v) is 6.22. The van der Waals surface area contributed by atoms with Gasteiger partial charge in [0.25, 0.3) is 0 Å². The summed E-state index contributed by atoms with van der Waals surface area (Å²) in [5, 5.41) is 9.05. The van der Waals surface area contributed by atoms with Crippen LogP contribution in [0.2, 0.25) is 0 Å². The second kappa shape index (κ2) is 6.88. The minimum atomic E-state index is -1.07. The molecule has 0 aromatic carbocycles. The Morgan fingerprint density at radius 1 is 1.37 bits per heavy atom. The van der Waals surface area contributed by atoms with Gasteiger partial charge in [-0.2, -0.15) is 0 Å². The number of carbonyl (C=O) groups is 2. The average Bonchev–Trinajstić information content (AvgIpc) is 2.34. The summed E-state index contributed by atoms with van der Waals surface area (Å²) in [4.78, 5) is 23.3. The highest BCUT2D eigenvalue weighted by Crippen LogP contribution is 2.39. The number of allylic oxidation sites excluding steroid dienone is 1. The van der Waals surface area contributed by atoms with Gasteiger partial charge in [0.2, 0.25) is 0 Å². The molecule has 0 bridgehead atoms. The summed E-state index contributed by atoms with van der Waals surface area (Å²) in [5.41, 5.74) is -0.0994. The van der Waals surface area contributed by atoms with E-state index in [2.05, 4.69) is 20.8 Å². The van der Waals surface area contributed by atoms with Gasteiger partial charge in [0.05, 0.1) is 5.57 Å². The first-order valence-corrected chi connectivity index (χ1v) is 7.38. The molecule has 3 nitrogen and oxygen atoms in total. The highest BCUT2D eigenvalue weighted by molar-refractivity contribution is 6.18. The largest absolute Gasteiger partial charge is 0.478 e. The number of aliphatic carboxylic acids is 1. The molecule has 0 saturated carbocycles. The Balaban J connectivity index is 2.65. The Morgan fingerprint density at radius 3 is 2.63 bits per heavy atom. The first kappa shape index (κ1) is 15.9. The molecule has 0 fully saturated rings. The van der Waals surface area contributed by atoms with Crippen molar-refractivity contribution in [2.75, 3.05) is 0 Å². The molecule has 0 heterocycles. The normalized spacial score (nSPS) is 20.3. The van der Waals surface area contributed by atoms with E-state index >= 15 is 0 Å². The second-order valence-electron chi connectivity index (χ2n) is 6.22. The molecule has 108 valence electrons. The third kappa shape index (κ3) is 4.19. The van der Waals surface area contributed by atoms with Gasteiger partial charge < -0.3 is 5.11 Å². The van der Waals surface area contributed by atoms with E-state index in [0.29, 0.717) is 6.42 Å². The van der Waals surface area contributed by atoms with Crippen LogP contribution < -0.4 is 0 Å². The van der Waals surface area contributed by atoms with Crippen molar-refractivity contribution in [1.82, 2.24) is 0 Å². The molecular weight excluding hydrogens is 240 g/mol. The van der Waals surface area contributed by atoms with Crippen molar-refractivity contribution < 1.29 is 14.7 Å². The lowest BCUT2D eigenvalue weighted by atomic mass is 9.68. The summed E-state index contributed by atoms with van der Waals surface area (Å²) in [5.74, 6) is -1.37. The summed E-state index contributed by atoms with van der Waals surface area (Å²) < 4.78 is 0. The van der Waals surface area contributed by atoms with Crippen LogP contribution in [0.3, 0.4) is 0 Å². The summed E-state index contributed by atoms with van der Waals surface area (Å²) in [6, 6.07) is 0. The van der Waals surface area contributed by atoms with Gasteiger partial charge in [-0.05, 0) is 24.7 Å². The van der Waals surface area contributed by atoms with Crippen LogP contribution in [0.15, 0.2) is 11.6 Å². The third-order valence-corrected chi connectivity index (χ3v) is 4.23. The van der Waals surface area contributed by atoms with Crippen molar-refractivity contribution >= 4 is 11.8 Å². The topological polar surface area (TPSA) is 54.4 Å². The SMILES string of the molecule is CCCCCCC(C)(C)C1CCC=C(C(=O)O)C1=O. The Kier molecular flexibility index (Phi) is 5.77. The number of carbonyl (C=O) groups excluding carboxylic acids is 1. The molecule has 1 N–H and O–H groups in total. The summed E-state index contributed by atoms with van der Waals surface area (Å²) in [7, 11) is 0. The van der Waals surface area contributed by atoms with Crippen molar-refractivity contribution in [3.8, 4) is 0 Å². The minimum absolute atomic E-state index is 0.00196. The molecule has 0 aromatic rings. The maximum Gasteiger partial charge on any atom is 0.339 e. The maximum absolute atomic E-state index is 12.3. The molecule has 19 heavy (non-hydrogen) atoms. The minimum Gasteiger partial charge on any atom is -0.478 e. The predicted molar refractivity (Wildman–Crippen MR) is 76.0 cm³/mol. The van der Waals surface area contributed by atoms with E-state index in [0.717, 1.165) is 19.3 Å². The number of carboxylic acids is 1. The molecule has 1 aliphatic carbocycles. The molecule has 0 amide bonds. The Bertz CT molecular complexity index is 366. The predicted octanol–water partition coefficient (Wildman–Crippen LogP) is 3.97. The van der Waals surface area contributed by atoms with Crippen LogP contribution >= 0.6 is 0 Å². The zero-order valence-corrected chi connectivity index (χ0v) is 12.4. The fraction of sp³-hybridized carbons (Fsp3) is 0.750. The summed E-state index contributed by atoms with van der Waals surface area (Å²) in [6.45, 7) is 6.39.